The summed E-state index contributed by atoms with van der Waals surface area (Å²) in [5.41, 5.74) is 1.42. The molecule has 1 aromatic rings. The summed E-state index contributed by atoms with van der Waals surface area (Å²) in [6.07, 6.45) is 1.47. The third-order valence-corrected chi connectivity index (χ3v) is 8.34. The molecule has 8 nitrogen and oxygen atoms in total. The number of likely N-dealkylation sites (tertiary alicyclic amines) is 1. The van der Waals surface area contributed by atoms with Crippen LogP contribution in [0.15, 0.2) is 30.9 Å². The Hall–Kier alpha value is -2.23. The molecule has 2 bridgehead atoms. The van der Waals surface area contributed by atoms with Gasteiger partial charge in [0.2, 0.25) is 5.91 Å². The molecule has 1 unspecified atom stereocenters. The minimum atomic E-state index is -1.20. The first-order valence-corrected chi connectivity index (χ1v) is 13.0. The fraction of sp³-hybridized carbons (Fsp3) is 0.577. The Morgan fingerprint density at radius 3 is 2.77 bits per heavy atom. The number of fused-ring (bicyclic) bond motifs is 1. The lowest BCUT2D eigenvalue weighted by atomic mass is 9.70. The van der Waals surface area contributed by atoms with Gasteiger partial charge in [-0.2, -0.15) is 0 Å². The average Bonchev–Trinajstić information content (AvgIpc) is 3.42. The number of hydrogen-bond acceptors (Lipinski definition) is 6. The fourth-order valence-electron chi connectivity index (χ4n) is 6.01. The number of ether oxygens (including phenoxy) is 2. The van der Waals surface area contributed by atoms with Crippen molar-refractivity contribution in [1.82, 2.24) is 4.90 Å². The van der Waals surface area contributed by atoms with Crippen molar-refractivity contribution in [2.24, 2.45) is 11.8 Å². The van der Waals surface area contributed by atoms with Crippen LogP contribution in [0.3, 0.4) is 0 Å². The van der Waals surface area contributed by atoms with Crippen LogP contribution in [0.25, 0.3) is 0 Å². The third kappa shape index (κ3) is 3.92. The van der Waals surface area contributed by atoms with Crippen molar-refractivity contribution in [2.75, 3.05) is 24.7 Å². The quantitative estimate of drug-likeness (QED) is 0.304. The number of aryl methyl sites for hydroxylation is 2. The first-order chi connectivity index (χ1) is 16.6. The van der Waals surface area contributed by atoms with Gasteiger partial charge in [0.25, 0.3) is 5.91 Å². The van der Waals surface area contributed by atoms with Crippen LogP contribution in [0.1, 0.15) is 31.4 Å². The molecule has 0 radical (unpaired) electrons. The second kappa shape index (κ2) is 9.67. The smallest absolute Gasteiger partial charge is 0.312 e. The Morgan fingerprint density at radius 2 is 2.14 bits per heavy atom. The Labute approximate surface area is 214 Å². The summed E-state index contributed by atoms with van der Waals surface area (Å²) >= 11 is 3.64. The summed E-state index contributed by atoms with van der Waals surface area (Å²) in [5, 5.41) is 10.0. The summed E-state index contributed by atoms with van der Waals surface area (Å²) < 4.78 is 11.8. The van der Waals surface area contributed by atoms with Gasteiger partial charge in [0.05, 0.1) is 37.2 Å². The molecule has 3 fully saturated rings. The molecule has 0 saturated carbocycles. The number of halogens is 1. The van der Waals surface area contributed by atoms with Gasteiger partial charge in [-0.25, -0.2) is 0 Å². The van der Waals surface area contributed by atoms with Crippen molar-refractivity contribution in [1.29, 1.82) is 0 Å². The van der Waals surface area contributed by atoms with Crippen LogP contribution in [0, 0.1) is 25.7 Å². The summed E-state index contributed by atoms with van der Waals surface area (Å²) in [5.74, 6) is -2.85. The van der Waals surface area contributed by atoms with Crippen molar-refractivity contribution in [3.8, 4) is 0 Å². The second-order valence-electron chi connectivity index (χ2n) is 9.72. The van der Waals surface area contributed by atoms with Crippen molar-refractivity contribution >= 4 is 39.4 Å². The molecular weight excluding hydrogens is 516 g/mol. The maximum Gasteiger partial charge on any atom is 0.312 e. The highest BCUT2D eigenvalue weighted by molar-refractivity contribution is 9.09. The highest BCUT2D eigenvalue weighted by Crippen LogP contribution is 2.60. The van der Waals surface area contributed by atoms with Crippen molar-refractivity contribution in [3.05, 3.63) is 42.0 Å². The number of alkyl halides is 1. The number of carbonyl (C=O) groups is 3. The third-order valence-electron chi connectivity index (χ3n) is 7.49. The van der Waals surface area contributed by atoms with Crippen LogP contribution < -0.4 is 4.90 Å². The van der Waals surface area contributed by atoms with E-state index in [1.165, 1.54) is 4.90 Å². The molecule has 2 amide bonds. The largest absolute Gasteiger partial charge is 0.466 e. The minimum Gasteiger partial charge on any atom is -0.466 e. The number of rotatable bonds is 8. The van der Waals surface area contributed by atoms with E-state index >= 15 is 0 Å². The number of hydrogen-bond donors (Lipinski definition) is 1. The number of amides is 2. The zero-order valence-corrected chi connectivity index (χ0v) is 22.2. The molecule has 7 atom stereocenters. The molecule has 9 heteroatoms. The van der Waals surface area contributed by atoms with Crippen LogP contribution in [-0.2, 0) is 23.9 Å². The summed E-state index contributed by atoms with van der Waals surface area (Å²) in [6.45, 7) is 11.2. The number of esters is 1. The standard InChI is InChI=1S/C26H33BrN2O6/c1-6-10-28(18-11-14(3)8-9-15(18)4)24(32)22-26-12-17(27)21(35-26)19(25(33)34-7-2)20(26)23(31)29(22)16(5)13-30/h6,8-9,11,16-17,19-22,30H,1,7,10,12-13H2,2-5H3/t16-,17?,19-,20+,21-,22-,26+/m1/s1. The number of aliphatic hydroxyl groups excluding tert-OH is 1. The molecule has 1 N–H and O–H groups in total. The zero-order valence-electron chi connectivity index (χ0n) is 20.6. The number of benzene rings is 1. The first kappa shape index (κ1) is 25.9. The molecule has 3 aliphatic heterocycles. The Balaban J connectivity index is 1.84. The van der Waals surface area contributed by atoms with E-state index in [2.05, 4.69) is 22.5 Å². The van der Waals surface area contributed by atoms with Gasteiger partial charge in [-0.05, 0) is 51.3 Å². The first-order valence-electron chi connectivity index (χ1n) is 12.0. The molecule has 4 rings (SSSR count). The van der Waals surface area contributed by atoms with Crippen molar-refractivity contribution in [2.45, 2.75) is 62.7 Å². The normalized spacial score (nSPS) is 31.9. The van der Waals surface area contributed by atoms with Gasteiger partial charge in [0.1, 0.15) is 11.6 Å². The maximum absolute atomic E-state index is 14.4. The molecule has 0 aromatic heterocycles. The Morgan fingerprint density at radius 1 is 1.43 bits per heavy atom. The van der Waals surface area contributed by atoms with E-state index in [1.54, 1.807) is 24.8 Å². The molecule has 1 aromatic carbocycles. The topological polar surface area (TPSA) is 96.4 Å². The highest BCUT2D eigenvalue weighted by Gasteiger charge is 2.77. The predicted octanol–water partition coefficient (Wildman–Crippen LogP) is 2.51. The Bertz CT molecular complexity index is 1050. The predicted molar refractivity (Wildman–Crippen MR) is 134 cm³/mol. The zero-order chi connectivity index (χ0) is 25.7. The van der Waals surface area contributed by atoms with Gasteiger partial charge in [0, 0.05) is 17.1 Å². The highest BCUT2D eigenvalue weighted by atomic mass is 79.9. The summed E-state index contributed by atoms with van der Waals surface area (Å²) in [4.78, 5) is 44.1. The van der Waals surface area contributed by atoms with Gasteiger partial charge < -0.3 is 24.4 Å². The van der Waals surface area contributed by atoms with Crippen LogP contribution in [0.2, 0.25) is 0 Å². The van der Waals surface area contributed by atoms with Gasteiger partial charge >= 0.3 is 5.97 Å². The SMILES string of the molecule is C=CCN(C(=O)[C@H]1N([C@H](C)CO)C(=O)[C@@H]2[C@@H](C(=O)OCC)[C@@H]3O[C@@]21CC3Br)c1cc(C)ccc1C. The molecule has 190 valence electrons. The maximum atomic E-state index is 14.4. The van der Waals surface area contributed by atoms with Crippen LogP contribution in [0.4, 0.5) is 5.69 Å². The van der Waals surface area contributed by atoms with Gasteiger partial charge in [-0.15, -0.1) is 6.58 Å². The molecular formula is C26H33BrN2O6. The van der Waals surface area contributed by atoms with E-state index in [9.17, 15) is 19.5 Å². The second-order valence-corrected chi connectivity index (χ2v) is 10.9. The average molecular weight is 549 g/mol. The molecule has 35 heavy (non-hydrogen) atoms. The number of anilines is 1. The van der Waals surface area contributed by atoms with Gasteiger partial charge in [0.15, 0.2) is 0 Å². The van der Waals surface area contributed by atoms with Gasteiger partial charge in [-0.3, -0.25) is 14.4 Å². The van der Waals surface area contributed by atoms with E-state index in [4.69, 9.17) is 9.47 Å². The molecule has 3 saturated heterocycles. The molecule has 0 aliphatic carbocycles. The van der Waals surface area contributed by atoms with Gasteiger partial charge in [-0.1, -0.05) is 34.1 Å². The monoisotopic (exact) mass is 548 g/mol. The van der Waals surface area contributed by atoms with Crippen molar-refractivity contribution in [3.63, 3.8) is 0 Å². The van der Waals surface area contributed by atoms with E-state index in [0.717, 1.165) is 16.8 Å². The lowest BCUT2D eigenvalue weighted by Crippen LogP contribution is -2.59. The van der Waals surface area contributed by atoms with Crippen molar-refractivity contribution < 1.29 is 29.0 Å². The van der Waals surface area contributed by atoms with E-state index in [0.29, 0.717) is 6.42 Å². The molecule has 3 aliphatic rings. The molecule has 1 spiro atoms. The van der Waals surface area contributed by atoms with E-state index in [-0.39, 0.29) is 36.4 Å². The summed E-state index contributed by atoms with van der Waals surface area (Å²) in [6, 6.07) is 4.21. The lowest BCUT2D eigenvalue weighted by Gasteiger charge is -2.39. The fourth-order valence-corrected chi connectivity index (χ4v) is 6.95. The van der Waals surface area contributed by atoms with Crippen LogP contribution in [-0.4, -0.2) is 76.2 Å². The summed E-state index contributed by atoms with van der Waals surface area (Å²) in [7, 11) is 0. The van der Waals surface area contributed by atoms with Crippen LogP contribution in [0.5, 0.6) is 0 Å². The van der Waals surface area contributed by atoms with Crippen LogP contribution >= 0.6 is 15.9 Å². The number of nitrogens with zero attached hydrogens (tertiary/aromatic N) is 2. The lowest BCUT2D eigenvalue weighted by molar-refractivity contribution is -0.155. The number of carbonyl (C=O) groups excluding carboxylic acids is 3. The van der Waals surface area contributed by atoms with E-state index in [1.807, 2.05) is 32.0 Å². The minimum absolute atomic E-state index is 0.182. The molecule has 3 heterocycles. The Kier molecular flexibility index (Phi) is 7.14. The number of aliphatic hydroxyl groups is 1. The van der Waals surface area contributed by atoms with E-state index < -0.39 is 41.6 Å².